The number of carbonyl (C=O) groups is 3. The molecule has 0 radical (unpaired) electrons. The molecule has 4 heterocycles. The van der Waals surface area contributed by atoms with Crippen molar-refractivity contribution in [3.8, 4) is 0 Å². The number of anilines is 1. The normalized spacial score (nSPS) is 33.0. The molecule has 2 aromatic carbocycles. The van der Waals surface area contributed by atoms with Crippen LogP contribution >= 0.6 is 11.8 Å². The van der Waals surface area contributed by atoms with E-state index in [2.05, 4.69) is 12.2 Å². The number of cyclic esters (lactones) is 1. The zero-order valence-corrected chi connectivity index (χ0v) is 24.7. The Kier molecular flexibility index (Phi) is 7.27. The third kappa shape index (κ3) is 4.50. The molecule has 0 aliphatic carbocycles. The molecular formula is C33H38N2O5S. The highest BCUT2D eigenvalue weighted by atomic mass is 32.2. The zero-order chi connectivity index (χ0) is 28.9. The molecule has 7 nitrogen and oxygen atoms in total. The predicted molar refractivity (Wildman–Crippen MR) is 161 cm³/mol. The van der Waals surface area contributed by atoms with Crippen LogP contribution in [0.5, 0.6) is 0 Å². The number of likely N-dealkylation sites (tertiary alicyclic amines) is 1. The zero-order valence-electron chi connectivity index (χ0n) is 23.9. The van der Waals surface area contributed by atoms with E-state index in [9.17, 15) is 19.5 Å². The molecule has 2 aromatic rings. The van der Waals surface area contributed by atoms with Gasteiger partial charge in [0.05, 0.1) is 35.8 Å². The van der Waals surface area contributed by atoms with Gasteiger partial charge in [-0.05, 0) is 55.0 Å². The van der Waals surface area contributed by atoms with Crippen LogP contribution in [-0.4, -0.2) is 69.1 Å². The van der Waals surface area contributed by atoms with Crippen LogP contribution in [0.1, 0.15) is 40.0 Å². The SMILES string of the molecule is CC(C)C[C@H](CO)N1C(=O)[C@@H]2[C@@H]3C(=O)OCCC/C=C\[C@]3(C)S[C@@]23C=CCN(c2ccc4ccccc4c2)C(=O)C13. The summed E-state index contributed by atoms with van der Waals surface area (Å²) < 4.78 is 4.02. The molecule has 1 unspecified atom stereocenters. The number of amides is 2. The molecule has 2 fully saturated rings. The van der Waals surface area contributed by atoms with E-state index in [1.165, 1.54) is 11.8 Å². The number of aliphatic hydroxyl groups excluding tert-OH is 1. The van der Waals surface area contributed by atoms with Crippen molar-refractivity contribution in [1.82, 2.24) is 4.90 Å². The van der Waals surface area contributed by atoms with Gasteiger partial charge in [-0.15, -0.1) is 11.8 Å². The van der Waals surface area contributed by atoms with Crippen molar-refractivity contribution in [2.75, 3.05) is 24.7 Å². The maximum Gasteiger partial charge on any atom is 0.311 e. The van der Waals surface area contributed by atoms with E-state index >= 15 is 0 Å². The lowest BCUT2D eigenvalue weighted by Crippen LogP contribution is -2.57. The van der Waals surface area contributed by atoms with Crippen molar-refractivity contribution in [1.29, 1.82) is 0 Å². The number of carbonyl (C=O) groups excluding carboxylic acids is 3. The van der Waals surface area contributed by atoms with Crippen LogP contribution in [0, 0.1) is 17.8 Å². The number of allylic oxidation sites excluding steroid dienone is 1. The molecule has 6 atom stereocenters. The molecular weight excluding hydrogens is 536 g/mol. The molecule has 0 aromatic heterocycles. The quantitative estimate of drug-likeness (QED) is 0.411. The van der Waals surface area contributed by atoms with Crippen LogP contribution in [0.25, 0.3) is 10.8 Å². The summed E-state index contributed by atoms with van der Waals surface area (Å²) in [6.45, 7) is 6.48. The van der Waals surface area contributed by atoms with E-state index in [-0.39, 0.29) is 30.3 Å². The van der Waals surface area contributed by atoms with Gasteiger partial charge in [0.25, 0.3) is 5.91 Å². The fourth-order valence-electron chi connectivity index (χ4n) is 7.36. The molecule has 1 N–H and O–H groups in total. The summed E-state index contributed by atoms with van der Waals surface area (Å²) in [6, 6.07) is 12.6. The summed E-state index contributed by atoms with van der Waals surface area (Å²) in [5.41, 5.74) is 0.756. The molecule has 4 aliphatic rings. The Morgan fingerprint density at radius 3 is 2.56 bits per heavy atom. The third-order valence-corrected chi connectivity index (χ3v) is 10.9. The molecule has 1 spiro atoms. The van der Waals surface area contributed by atoms with Crippen molar-refractivity contribution in [3.63, 3.8) is 0 Å². The van der Waals surface area contributed by atoms with Gasteiger partial charge >= 0.3 is 5.97 Å². The maximum atomic E-state index is 14.8. The average molecular weight is 575 g/mol. The minimum absolute atomic E-state index is 0.191. The van der Waals surface area contributed by atoms with Gasteiger partial charge in [-0.3, -0.25) is 14.4 Å². The lowest BCUT2D eigenvalue weighted by Gasteiger charge is -2.40. The number of thioether (sulfide) groups is 1. The topological polar surface area (TPSA) is 87.2 Å². The van der Waals surface area contributed by atoms with Crippen LogP contribution in [-0.2, 0) is 19.1 Å². The fraction of sp³-hybridized carbons (Fsp3) is 0.485. The van der Waals surface area contributed by atoms with E-state index in [4.69, 9.17) is 4.74 Å². The predicted octanol–water partition coefficient (Wildman–Crippen LogP) is 4.73. The highest BCUT2D eigenvalue weighted by Crippen LogP contribution is 2.65. The number of aliphatic hydroxyl groups is 1. The number of esters is 1. The summed E-state index contributed by atoms with van der Waals surface area (Å²) in [5.74, 6) is -2.16. The summed E-state index contributed by atoms with van der Waals surface area (Å²) >= 11 is 1.54. The summed E-state index contributed by atoms with van der Waals surface area (Å²) in [5, 5.41) is 12.7. The number of ether oxygens (including phenoxy) is 1. The minimum Gasteiger partial charge on any atom is -0.465 e. The molecule has 8 heteroatoms. The van der Waals surface area contributed by atoms with Crippen molar-refractivity contribution >= 4 is 46.0 Å². The van der Waals surface area contributed by atoms with Crippen molar-refractivity contribution in [2.45, 2.75) is 61.6 Å². The van der Waals surface area contributed by atoms with Gasteiger partial charge in [-0.2, -0.15) is 0 Å². The van der Waals surface area contributed by atoms with Crippen LogP contribution in [0.15, 0.2) is 66.8 Å². The summed E-state index contributed by atoms with van der Waals surface area (Å²) in [6.07, 6.45) is 10.2. The monoisotopic (exact) mass is 574 g/mol. The number of fused-ring (bicyclic) bond motifs is 3. The van der Waals surface area contributed by atoms with E-state index < -0.39 is 33.4 Å². The van der Waals surface area contributed by atoms with Crippen molar-refractivity contribution in [3.05, 3.63) is 66.8 Å². The largest absolute Gasteiger partial charge is 0.465 e. The van der Waals surface area contributed by atoms with Gasteiger partial charge in [-0.25, -0.2) is 0 Å². The molecule has 2 saturated heterocycles. The standard InChI is InChI=1S/C33H38N2O5S/c1-21(2)18-25(20-36)35-28-30(38)34(24-13-12-22-10-5-6-11-23(22)19-24)16-9-15-33(28)26(29(35)37)27-31(39)40-17-8-4-7-14-32(27,3)41-33/h5-7,9-15,19,21,25-28,36H,4,8,16-18,20H2,1-3H3/b14-7-/t25-,26+,27-,28?,32+,33+/m1/s1. The first-order valence-corrected chi connectivity index (χ1v) is 15.5. The number of hydrogen-bond donors (Lipinski definition) is 1. The van der Waals surface area contributed by atoms with Crippen molar-refractivity contribution < 1.29 is 24.2 Å². The second kappa shape index (κ2) is 10.6. The molecule has 216 valence electrons. The average Bonchev–Trinajstić information content (AvgIpc) is 3.30. The van der Waals surface area contributed by atoms with E-state index in [1.807, 2.05) is 75.4 Å². The smallest absolute Gasteiger partial charge is 0.311 e. The lowest BCUT2D eigenvalue weighted by molar-refractivity contribution is -0.154. The van der Waals surface area contributed by atoms with Gasteiger partial charge < -0.3 is 19.6 Å². The molecule has 0 bridgehead atoms. The Bertz CT molecular complexity index is 1440. The second-order valence-electron chi connectivity index (χ2n) is 12.3. The molecule has 6 rings (SSSR count). The second-order valence-corrected chi connectivity index (χ2v) is 14.1. The minimum atomic E-state index is -0.980. The molecule has 41 heavy (non-hydrogen) atoms. The van der Waals surface area contributed by atoms with E-state index in [1.54, 1.807) is 9.80 Å². The van der Waals surface area contributed by atoms with Gasteiger partial charge in [0, 0.05) is 17.0 Å². The Labute approximate surface area is 245 Å². The highest BCUT2D eigenvalue weighted by molar-refractivity contribution is 8.02. The fourth-order valence-corrected chi connectivity index (χ4v) is 9.50. The van der Waals surface area contributed by atoms with Gasteiger partial charge in [0.1, 0.15) is 6.04 Å². The maximum absolute atomic E-state index is 14.8. The van der Waals surface area contributed by atoms with Crippen LogP contribution in [0.2, 0.25) is 0 Å². The number of nitrogens with zero attached hydrogens (tertiary/aromatic N) is 2. The first-order chi connectivity index (χ1) is 19.7. The van der Waals surface area contributed by atoms with E-state index in [0.29, 0.717) is 19.6 Å². The Hall–Kier alpha value is -3.10. The van der Waals surface area contributed by atoms with Gasteiger partial charge in [0.2, 0.25) is 5.91 Å². The summed E-state index contributed by atoms with van der Waals surface area (Å²) in [4.78, 5) is 46.4. The summed E-state index contributed by atoms with van der Waals surface area (Å²) in [7, 11) is 0. The van der Waals surface area contributed by atoms with Crippen LogP contribution in [0.4, 0.5) is 5.69 Å². The van der Waals surface area contributed by atoms with Crippen molar-refractivity contribution in [2.24, 2.45) is 17.8 Å². The molecule has 2 amide bonds. The Morgan fingerprint density at radius 1 is 1.02 bits per heavy atom. The van der Waals surface area contributed by atoms with Gasteiger partial charge in [0.15, 0.2) is 0 Å². The molecule has 0 saturated carbocycles. The van der Waals surface area contributed by atoms with E-state index in [0.717, 1.165) is 29.3 Å². The number of hydrogen-bond acceptors (Lipinski definition) is 6. The van der Waals surface area contributed by atoms with Crippen LogP contribution in [0.3, 0.4) is 0 Å². The number of benzene rings is 2. The van der Waals surface area contributed by atoms with Gasteiger partial charge in [-0.1, -0.05) is 68.5 Å². The Morgan fingerprint density at radius 2 is 1.80 bits per heavy atom. The lowest BCUT2D eigenvalue weighted by atomic mass is 9.74. The Balaban J connectivity index is 1.50. The first kappa shape index (κ1) is 28.0. The van der Waals surface area contributed by atoms with Crippen LogP contribution < -0.4 is 4.90 Å². The number of rotatable bonds is 5. The third-order valence-electron chi connectivity index (χ3n) is 9.08. The highest BCUT2D eigenvalue weighted by Gasteiger charge is 2.74. The molecule has 4 aliphatic heterocycles. The first-order valence-electron chi connectivity index (χ1n) is 14.7.